The number of nitrogens with zero attached hydrogens (tertiary/aromatic N) is 3. The fourth-order valence-corrected chi connectivity index (χ4v) is 2.79. The molecule has 0 radical (unpaired) electrons. The van der Waals surface area contributed by atoms with Gasteiger partial charge in [-0.05, 0) is 25.1 Å². The molecule has 1 N–H and O–H groups in total. The summed E-state index contributed by atoms with van der Waals surface area (Å²) in [4.78, 5) is 28.1. The molecule has 0 unspecified atom stereocenters. The molecule has 1 amide bonds. The molecule has 3 aromatic rings. The van der Waals surface area contributed by atoms with E-state index in [1.165, 1.54) is 29.5 Å². The molecule has 8 heteroatoms. The SMILES string of the molecule is Cc1csc(NC(=O)Cn2nc(-c3ccccc3F)ccc2=O)n1. The highest BCUT2D eigenvalue weighted by Crippen LogP contribution is 2.19. The average molecular weight is 344 g/mol. The number of thiazole rings is 1. The van der Waals surface area contributed by atoms with Crippen molar-refractivity contribution in [2.24, 2.45) is 0 Å². The molecule has 0 aliphatic heterocycles. The first-order chi connectivity index (χ1) is 11.5. The lowest BCUT2D eigenvalue weighted by Crippen LogP contribution is -2.29. The van der Waals surface area contributed by atoms with Crippen LogP contribution in [0.15, 0.2) is 46.6 Å². The minimum Gasteiger partial charge on any atom is -0.300 e. The molecule has 1 aromatic carbocycles. The molecule has 24 heavy (non-hydrogen) atoms. The highest BCUT2D eigenvalue weighted by molar-refractivity contribution is 7.13. The third-order valence-electron chi connectivity index (χ3n) is 3.18. The number of anilines is 1. The molecule has 122 valence electrons. The van der Waals surface area contributed by atoms with Crippen molar-refractivity contribution in [1.82, 2.24) is 14.8 Å². The summed E-state index contributed by atoms with van der Waals surface area (Å²) in [7, 11) is 0. The van der Waals surface area contributed by atoms with Crippen LogP contribution in [0.25, 0.3) is 11.3 Å². The zero-order chi connectivity index (χ0) is 17.1. The van der Waals surface area contributed by atoms with Gasteiger partial charge in [-0.1, -0.05) is 12.1 Å². The molecular weight excluding hydrogens is 331 g/mol. The van der Waals surface area contributed by atoms with E-state index in [1.54, 1.807) is 23.6 Å². The third kappa shape index (κ3) is 3.54. The summed E-state index contributed by atoms with van der Waals surface area (Å²) in [6.07, 6.45) is 0. The van der Waals surface area contributed by atoms with Crippen molar-refractivity contribution in [2.45, 2.75) is 13.5 Å². The van der Waals surface area contributed by atoms with Crippen LogP contribution in [0.5, 0.6) is 0 Å². The number of hydrogen-bond acceptors (Lipinski definition) is 5. The van der Waals surface area contributed by atoms with Crippen LogP contribution < -0.4 is 10.9 Å². The summed E-state index contributed by atoms with van der Waals surface area (Å²) >= 11 is 1.29. The first kappa shape index (κ1) is 16.0. The minimum absolute atomic E-state index is 0.266. The Balaban J connectivity index is 1.83. The molecule has 0 atom stereocenters. The van der Waals surface area contributed by atoms with E-state index in [1.807, 2.05) is 6.92 Å². The molecule has 0 saturated heterocycles. The number of carbonyl (C=O) groups excluding carboxylic acids is 1. The van der Waals surface area contributed by atoms with Gasteiger partial charge >= 0.3 is 0 Å². The quantitative estimate of drug-likeness (QED) is 0.789. The fourth-order valence-electron chi connectivity index (χ4n) is 2.08. The van der Waals surface area contributed by atoms with Crippen molar-refractivity contribution < 1.29 is 9.18 Å². The number of halogens is 1. The smallest absolute Gasteiger partial charge is 0.267 e. The lowest BCUT2D eigenvalue weighted by molar-refractivity contribution is -0.117. The highest BCUT2D eigenvalue weighted by atomic mass is 32.1. The zero-order valence-corrected chi connectivity index (χ0v) is 13.5. The Morgan fingerprint density at radius 1 is 1.29 bits per heavy atom. The van der Waals surface area contributed by atoms with Crippen molar-refractivity contribution in [2.75, 3.05) is 5.32 Å². The van der Waals surface area contributed by atoms with Crippen molar-refractivity contribution in [3.8, 4) is 11.3 Å². The number of rotatable bonds is 4. The largest absolute Gasteiger partial charge is 0.300 e. The number of aromatic nitrogens is 3. The molecule has 0 aliphatic carbocycles. The van der Waals surface area contributed by atoms with Crippen LogP contribution in [0.3, 0.4) is 0 Å². The van der Waals surface area contributed by atoms with E-state index < -0.39 is 17.3 Å². The zero-order valence-electron chi connectivity index (χ0n) is 12.7. The van der Waals surface area contributed by atoms with Gasteiger partial charge in [-0.15, -0.1) is 11.3 Å². The lowest BCUT2D eigenvalue weighted by Gasteiger charge is -2.07. The summed E-state index contributed by atoms with van der Waals surface area (Å²) < 4.78 is 14.8. The predicted octanol–water partition coefficient (Wildman–Crippen LogP) is 2.45. The number of benzene rings is 1. The van der Waals surface area contributed by atoms with Gasteiger partial charge < -0.3 is 5.32 Å². The number of nitrogens with one attached hydrogen (secondary N) is 1. The monoisotopic (exact) mass is 344 g/mol. The van der Waals surface area contributed by atoms with Gasteiger partial charge in [0.05, 0.1) is 11.4 Å². The van der Waals surface area contributed by atoms with Gasteiger partial charge in [-0.3, -0.25) is 9.59 Å². The van der Waals surface area contributed by atoms with E-state index in [4.69, 9.17) is 0 Å². The molecule has 3 rings (SSSR count). The second-order valence-electron chi connectivity index (χ2n) is 5.04. The van der Waals surface area contributed by atoms with E-state index in [0.717, 1.165) is 10.4 Å². The Labute approximate surface area is 140 Å². The summed E-state index contributed by atoms with van der Waals surface area (Å²) in [5.74, 6) is -0.873. The maximum absolute atomic E-state index is 13.8. The number of hydrogen-bond donors (Lipinski definition) is 1. The van der Waals surface area contributed by atoms with Crippen LogP contribution in [0.4, 0.5) is 9.52 Å². The van der Waals surface area contributed by atoms with E-state index in [0.29, 0.717) is 5.13 Å². The molecular formula is C16H13FN4O2S. The number of carbonyl (C=O) groups is 1. The number of aryl methyl sites for hydroxylation is 1. The summed E-state index contributed by atoms with van der Waals surface area (Å²) in [5, 5.41) is 8.94. The Morgan fingerprint density at radius 3 is 2.79 bits per heavy atom. The molecule has 0 spiro atoms. The second-order valence-corrected chi connectivity index (χ2v) is 5.89. The van der Waals surface area contributed by atoms with Crippen molar-refractivity contribution in [3.63, 3.8) is 0 Å². The third-order valence-corrected chi connectivity index (χ3v) is 4.05. The Morgan fingerprint density at radius 2 is 2.08 bits per heavy atom. The number of amides is 1. The van der Waals surface area contributed by atoms with Crippen LogP contribution >= 0.6 is 11.3 Å². The van der Waals surface area contributed by atoms with Crippen LogP contribution in [0.1, 0.15) is 5.69 Å². The Bertz CT molecular complexity index is 951. The Kier molecular flexibility index (Phi) is 4.48. The summed E-state index contributed by atoms with van der Waals surface area (Å²) in [5.41, 5.74) is 0.903. The Hall–Kier alpha value is -2.87. The van der Waals surface area contributed by atoms with Crippen molar-refractivity contribution in [3.05, 3.63) is 63.6 Å². The molecule has 6 nitrogen and oxygen atoms in total. The van der Waals surface area contributed by atoms with Gasteiger partial charge in [-0.25, -0.2) is 14.1 Å². The first-order valence-electron chi connectivity index (χ1n) is 7.08. The van der Waals surface area contributed by atoms with Crippen LogP contribution in [0.2, 0.25) is 0 Å². The average Bonchev–Trinajstić information content (AvgIpc) is 2.95. The van der Waals surface area contributed by atoms with Gasteiger partial charge in [0.15, 0.2) is 5.13 Å². The van der Waals surface area contributed by atoms with Crippen LogP contribution in [-0.2, 0) is 11.3 Å². The van der Waals surface area contributed by atoms with Gasteiger partial charge in [-0.2, -0.15) is 5.10 Å². The minimum atomic E-state index is -0.446. The summed E-state index contributed by atoms with van der Waals surface area (Å²) in [6.45, 7) is 1.54. The lowest BCUT2D eigenvalue weighted by atomic mass is 10.1. The second kappa shape index (κ2) is 6.71. The van der Waals surface area contributed by atoms with Crippen molar-refractivity contribution in [1.29, 1.82) is 0 Å². The van der Waals surface area contributed by atoms with Gasteiger partial charge in [0.25, 0.3) is 5.56 Å². The molecule has 0 bridgehead atoms. The van der Waals surface area contributed by atoms with Gasteiger partial charge in [0.1, 0.15) is 12.4 Å². The van der Waals surface area contributed by atoms with Gasteiger partial charge in [0, 0.05) is 17.0 Å². The maximum atomic E-state index is 13.8. The molecule has 0 saturated carbocycles. The molecule has 2 aromatic heterocycles. The predicted molar refractivity (Wildman–Crippen MR) is 89.4 cm³/mol. The normalized spacial score (nSPS) is 10.6. The molecule has 0 aliphatic rings. The van der Waals surface area contributed by atoms with Crippen LogP contribution in [-0.4, -0.2) is 20.7 Å². The van der Waals surface area contributed by atoms with E-state index in [-0.39, 0.29) is 17.8 Å². The van der Waals surface area contributed by atoms with E-state index in [9.17, 15) is 14.0 Å². The van der Waals surface area contributed by atoms with E-state index in [2.05, 4.69) is 15.4 Å². The molecule has 2 heterocycles. The van der Waals surface area contributed by atoms with Crippen LogP contribution in [0, 0.1) is 12.7 Å². The highest BCUT2D eigenvalue weighted by Gasteiger charge is 2.11. The fraction of sp³-hybridized carbons (Fsp3) is 0.125. The first-order valence-corrected chi connectivity index (χ1v) is 7.96. The maximum Gasteiger partial charge on any atom is 0.267 e. The van der Waals surface area contributed by atoms with Crippen molar-refractivity contribution >= 4 is 22.4 Å². The molecule has 0 fully saturated rings. The van der Waals surface area contributed by atoms with Gasteiger partial charge in [0.2, 0.25) is 5.91 Å². The summed E-state index contributed by atoms with van der Waals surface area (Å²) in [6, 6.07) is 8.80. The van der Waals surface area contributed by atoms with E-state index >= 15 is 0 Å². The standard InChI is InChI=1S/C16H13FN4O2S/c1-10-9-24-16(18-10)19-14(22)8-21-15(23)7-6-13(20-21)11-4-2-3-5-12(11)17/h2-7,9H,8H2,1H3,(H,18,19,22). The topological polar surface area (TPSA) is 76.9 Å².